The van der Waals surface area contributed by atoms with Crippen LogP contribution < -0.4 is 32.1 Å². The molecule has 5 aromatic carbocycles. The fourth-order valence-corrected chi connectivity index (χ4v) is 10.1. The fourth-order valence-electron chi connectivity index (χ4n) is 6.20. The highest BCUT2D eigenvalue weighted by Crippen LogP contribution is 2.48. The van der Waals surface area contributed by atoms with Crippen molar-refractivity contribution in [3.63, 3.8) is 0 Å². The highest BCUT2D eigenvalue weighted by molar-refractivity contribution is 7.91. The Labute approximate surface area is 420 Å². The van der Waals surface area contributed by atoms with Crippen LogP contribution in [0.3, 0.4) is 0 Å². The lowest BCUT2D eigenvalue weighted by molar-refractivity contribution is -0.114. The van der Waals surface area contributed by atoms with Crippen LogP contribution >= 0.6 is 0 Å². The molecule has 0 saturated carbocycles. The molecule has 0 fully saturated rings. The Bertz CT molecular complexity index is 3630. The Morgan fingerprint density at radius 1 is 0.740 bits per heavy atom. The molecule has 5 aromatic rings. The Morgan fingerprint density at radius 3 is 1.79 bits per heavy atom. The molecule has 0 heterocycles. The molecule has 12 N–H and O–H groups in total. The van der Waals surface area contributed by atoms with Crippen molar-refractivity contribution < 1.29 is 69.8 Å². The first-order chi connectivity index (χ1) is 33.8. The van der Waals surface area contributed by atoms with E-state index in [9.17, 15) is 61.1 Å². The van der Waals surface area contributed by atoms with E-state index in [2.05, 4.69) is 66.6 Å². The molecule has 0 unspecified atom stereocenters. The molecule has 0 aromatic heterocycles. The van der Waals surface area contributed by atoms with Gasteiger partial charge >= 0.3 is 10.4 Å². The van der Waals surface area contributed by atoms with Gasteiger partial charge in [0.25, 0.3) is 30.3 Å². The molecule has 5 rings (SSSR count). The number of rotatable bonds is 20. The predicted octanol–water partition coefficient (Wildman–Crippen LogP) is 5.94. The molecule has 0 atom stereocenters. The lowest BCUT2D eigenvalue weighted by Crippen LogP contribution is -2.22. The van der Waals surface area contributed by atoms with Gasteiger partial charge in [0.1, 0.15) is 21.2 Å². The van der Waals surface area contributed by atoms with Gasteiger partial charge in [0.15, 0.2) is 15.6 Å². The van der Waals surface area contributed by atoms with Gasteiger partial charge in [0.2, 0.25) is 5.91 Å². The van der Waals surface area contributed by atoms with Crippen molar-refractivity contribution in [2.75, 3.05) is 47.1 Å². The number of anilines is 4. The zero-order valence-corrected chi connectivity index (χ0v) is 42.7. The standard InChI is InChI=1S/C30H29N7O15S5.C12H19N3O/c1-17(31)3-4-18(2)37-54(41,42)22-11-7-20(8-12-22)34-36-29-26(56(46,47)48)15-23-25(55(43,44)45)16-24(28(32)27(23)30(29)38)35-33-19-5-9-21(10-6-19)53(39,40)14-13-52-57(49,50)51;1-4-15(5-2)10-6-7-11(13)12(8-10)14-9(3)16/h3-12,15-16,37-38H,1-2,13-14,31-32H2,(H,43,44,45)(H,46,47,48)(H,49,50,51);6-8H,4-5,13H2,1-3H3,(H,14,16)/b4-3-,35-33?,36-34?;. The molecule has 1 amide bonds. The molecule has 0 aliphatic carbocycles. The summed E-state index contributed by atoms with van der Waals surface area (Å²) in [6.45, 7) is 13.6. The maximum absolute atomic E-state index is 12.7. The number of azo groups is 2. The summed E-state index contributed by atoms with van der Waals surface area (Å²) in [6.07, 6.45) is 2.57. The highest BCUT2D eigenvalue weighted by atomic mass is 32.3. The first kappa shape index (κ1) is 58.2. The van der Waals surface area contributed by atoms with E-state index in [1.807, 2.05) is 18.2 Å². The van der Waals surface area contributed by atoms with Crippen LogP contribution in [0.4, 0.5) is 45.5 Å². The van der Waals surface area contributed by atoms with Gasteiger partial charge < -0.3 is 32.5 Å². The van der Waals surface area contributed by atoms with E-state index >= 15 is 0 Å². The molecule has 392 valence electrons. The summed E-state index contributed by atoms with van der Waals surface area (Å²) in [5, 5.41) is 27.8. The lowest BCUT2D eigenvalue weighted by atomic mass is 10.0. The first-order valence-electron chi connectivity index (χ1n) is 20.5. The van der Waals surface area contributed by atoms with Gasteiger partial charge in [-0.1, -0.05) is 13.2 Å². The number of hydrogen-bond acceptors (Lipinski definition) is 21. The number of sulfonamides is 1. The highest BCUT2D eigenvalue weighted by Gasteiger charge is 2.29. The average molecular weight is 1110 g/mol. The van der Waals surface area contributed by atoms with E-state index in [4.69, 9.17) is 21.8 Å². The summed E-state index contributed by atoms with van der Waals surface area (Å²) in [5.41, 5.74) is 17.6. The van der Waals surface area contributed by atoms with Crippen molar-refractivity contribution in [3.8, 4) is 5.75 Å². The van der Waals surface area contributed by atoms with Crippen molar-refractivity contribution in [2.45, 2.75) is 40.4 Å². The van der Waals surface area contributed by atoms with E-state index in [0.717, 1.165) is 67.3 Å². The van der Waals surface area contributed by atoms with Crippen LogP contribution in [0.25, 0.3) is 10.8 Å². The van der Waals surface area contributed by atoms with Crippen molar-refractivity contribution in [3.05, 3.63) is 116 Å². The number of phenols is 1. The number of carbonyl (C=O) groups is 1. The van der Waals surface area contributed by atoms with E-state index in [1.54, 1.807) is 0 Å². The largest absolute Gasteiger partial charge is 0.505 e. The summed E-state index contributed by atoms with van der Waals surface area (Å²) in [5.74, 6) is -2.12. The number of allylic oxidation sites excluding steroid dienone is 2. The number of fused-ring (bicyclic) bond motifs is 1. The van der Waals surface area contributed by atoms with E-state index < -0.39 is 106 Å². The number of aromatic hydroxyl groups is 1. The second kappa shape index (κ2) is 23.5. The SMILES string of the molecule is C=C(N)/C=C\C(=C)NS(=O)(=O)c1ccc(N=Nc2c(S(=O)(=O)O)cc3c(S(=O)(=O)O)cc(N=Nc4ccc(S(=O)(=O)CCOS(=O)(=O)O)cc4)c(N)c3c2O)cc1.CCN(CC)c1ccc(N)c(NC(C)=O)c1. The van der Waals surface area contributed by atoms with Crippen LogP contribution in [-0.4, -0.2) is 92.2 Å². The number of carbonyl (C=O) groups excluding carboxylic acids is 1. The average Bonchev–Trinajstić information content (AvgIpc) is 3.28. The van der Waals surface area contributed by atoms with Gasteiger partial charge in [-0.3, -0.25) is 23.2 Å². The van der Waals surface area contributed by atoms with Crippen molar-refractivity contribution in [1.29, 1.82) is 0 Å². The minimum Gasteiger partial charge on any atom is -0.505 e. The predicted molar refractivity (Wildman–Crippen MR) is 271 cm³/mol. The first-order valence-corrected chi connectivity index (χ1v) is 27.9. The lowest BCUT2D eigenvalue weighted by Gasteiger charge is -2.22. The normalized spacial score (nSPS) is 12.5. The Kier molecular flexibility index (Phi) is 18.7. The molecule has 31 heteroatoms. The molecule has 0 aliphatic rings. The number of amides is 1. The number of phenolic OH excluding ortho intramolecular Hbond substituents is 1. The number of nitrogens with zero attached hydrogens (tertiary/aromatic N) is 5. The van der Waals surface area contributed by atoms with Crippen LogP contribution in [0.2, 0.25) is 0 Å². The second-order valence-corrected chi connectivity index (χ2v) is 22.5. The van der Waals surface area contributed by atoms with Crippen molar-refractivity contribution >= 4 is 113 Å². The van der Waals surface area contributed by atoms with Crippen molar-refractivity contribution in [2.24, 2.45) is 26.2 Å². The van der Waals surface area contributed by atoms with Crippen LogP contribution in [-0.2, 0) is 59.5 Å². The zero-order chi connectivity index (χ0) is 54.9. The number of nitrogens with one attached hydrogen (secondary N) is 2. The molecule has 0 bridgehead atoms. The number of sulfone groups is 1. The minimum absolute atomic E-state index is 0.0513. The topological polar surface area (TPSA) is 433 Å². The monoisotopic (exact) mass is 1110 g/mol. The van der Waals surface area contributed by atoms with Crippen LogP contribution in [0, 0.1) is 0 Å². The van der Waals surface area contributed by atoms with Gasteiger partial charge in [-0.05, 0) is 105 Å². The summed E-state index contributed by atoms with van der Waals surface area (Å²) in [6, 6.07) is 15.7. The summed E-state index contributed by atoms with van der Waals surface area (Å²) >= 11 is 0. The van der Waals surface area contributed by atoms with Crippen LogP contribution in [0.5, 0.6) is 5.75 Å². The second-order valence-electron chi connectivity index (χ2n) is 14.9. The van der Waals surface area contributed by atoms with Crippen molar-refractivity contribution in [1.82, 2.24) is 4.72 Å². The molecule has 0 radical (unpaired) electrons. The van der Waals surface area contributed by atoms with Crippen LogP contribution in [0.15, 0.2) is 156 Å². The third-order valence-electron chi connectivity index (χ3n) is 9.58. The number of hydrogen-bond donors (Lipinski definition) is 9. The summed E-state index contributed by atoms with van der Waals surface area (Å²) in [4.78, 5) is 10.4. The molecule has 73 heavy (non-hydrogen) atoms. The van der Waals surface area contributed by atoms with Gasteiger partial charge in [-0.2, -0.15) is 35.5 Å². The maximum Gasteiger partial charge on any atom is 0.397 e. The number of benzene rings is 5. The Hall–Kier alpha value is -7.36. The molecule has 26 nitrogen and oxygen atoms in total. The summed E-state index contributed by atoms with van der Waals surface area (Å²) in [7, 11) is -23.8. The van der Waals surface area contributed by atoms with E-state index in [1.165, 1.54) is 19.1 Å². The van der Waals surface area contributed by atoms with E-state index in [-0.39, 0.29) is 38.5 Å². The third-order valence-corrected chi connectivity index (χ3v) is 14.9. The molecule has 0 spiro atoms. The van der Waals surface area contributed by atoms with Gasteiger partial charge in [0.05, 0.1) is 56.0 Å². The smallest absolute Gasteiger partial charge is 0.397 e. The van der Waals surface area contributed by atoms with Gasteiger partial charge in [0, 0.05) is 42.5 Å². The molecular formula is C42H48N10O16S5. The molecule has 0 saturated heterocycles. The minimum atomic E-state index is -5.33. The van der Waals surface area contributed by atoms with Crippen LogP contribution in [0.1, 0.15) is 20.8 Å². The van der Waals surface area contributed by atoms with E-state index in [0.29, 0.717) is 23.5 Å². The number of nitrogen functional groups attached to an aromatic ring is 2. The fraction of sp³-hybridized carbons (Fsp3) is 0.167. The summed E-state index contributed by atoms with van der Waals surface area (Å²) < 4.78 is 156. The molecular weight excluding hydrogens is 1060 g/mol. The molecule has 0 aliphatic heterocycles. The van der Waals surface area contributed by atoms with Gasteiger partial charge in [-0.15, -0.1) is 10.2 Å². The maximum atomic E-state index is 12.7. The Balaban J connectivity index is 0.000000613. The third kappa shape index (κ3) is 16.1. The Morgan fingerprint density at radius 2 is 1.29 bits per heavy atom. The number of nitrogens with two attached hydrogens (primary N) is 3. The zero-order valence-electron chi connectivity index (χ0n) is 38.6. The van der Waals surface area contributed by atoms with Gasteiger partial charge in [-0.25, -0.2) is 21.0 Å². The quantitative estimate of drug-likeness (QED) is 0.0188.